The maximum absolute atomic E-state index is 11.6. The molecule has 0 spiro atoms. The minimum absolute atomic E-state index is 0.169. The van der Waals surface area contributed by atoms with Gasteiger partial charge in [-0.2, -0.15) is 0 Å². The Morgan fingerprint density at radius 3 is 1.07 bits per heavy atom. The Morgan fingerprint density at radius 1 is 0.384 bits per heavy atom. The molecule has 0 aliphatic heterocycles. The molecule has 14 nitrogen and oxygen atoms in total. The predicted molar refractivity (Wildman–Crippen MR) is 301 cm³/mol. The molecule has 0 radical (unpaired) electrons. The first-order chi connectivity index (χ1) is 34.4. The summed E-state index contributed by atoms with van der Waals surface area (Å²) in [5.41, 5.74) is 21.9. The summed E-state index contributed by atoms with van der Waals surface area (Å²) in [6.07, 6.45) is 3.36. The van der Waals surface area contributed by atoms with Crippen LogP contribution in [0, 0.1) is 27.7 Å². The van der Waals surface area contributed by atoms with Gasteiger partial charge in [-0.3, -0.25) is 14.2 Å². The zero-order valence-electron chi connectivity index (χ0n) is 41.4. The van der Waals surface area contributed by atoms with Gasteiger partial charge in [0, 0.05) is 39.8 Å². The van der Waals surface area contributed by atoms with Crippen molar-refractivity contribution in [3.63, 3.8) is 0 Å². The quantitative estimate of drug-likeness (QED) is 0.0507. The second-order valence-electron chi connectivity index (χ2n) is 17.4. The number of hydrogen-bond donors (Lipinski definition) is 7. The lowest BCUT2D eigenvalue weighted by molar-refractivity contribution is 0.0698. The van der Waals surface area contributed by atoms with Crippen LogP contribution in [0.1, 0.15) is 32.6 Å². The summed E-state index contributed by atoms with van der Waals surface area (Å²) in [7, 11) is -9.84. The average molecular weight is 1040 g/mol. The number of anilines is 8. The second kappa shape index (κ2) is 23.4. The van der Waals surface area contributed by atoms with Crippen LogP contribution in [0.25, 0.3) is 33.4 Å². The van der Waals surface area contributed by atoms with E-state index < -0.39 is 36.0 Å². The number of aryl methyl sites for hydroxylation is 4. The molecular formula is C56H58N6O8S3. The van der Waals surface area contributed by atoms with E-state index in [1.807, 2.05) is 92.7 Å². The molecular weight excluding hydrogens is 981 g/mol. The SMILES string of the molecule is Cc1ccc(-c2ccc(NS(C)(=O)=O)cc2)cc1N.Cc1ccccc1Nc1cc(-c2ccc(NS(C)(=O)=O)cc2)ccc1C.Cc1ccccc1Nc1cc(-c2ccc(NS(C)(=O)=O)cc2)ccc1C(=O)O. The molecule has 8 aromatic rings. The van der Waals surface area contributed by atoms with Crippen LogP contribution < -0.4 is 30.5 Å². The minimum Gasteiger partial charge on any atom is -0.478 e. The molecule has 0 aliphatic rings. The van der Waals surface area contributed by atoms with Crippen molar-refractivity contribution >= 4 is 81.5 Å². The first kappa shape index (κ1) is 54.2. The fourth-order valence-electron chi connectivity index (χ4n) is 7.32. The van der Waals surface area contributed by atoms with Crippen LogP contribution >= 0.6 is 0 Å². The highest BCUT2D eigenvalue weighted by Crippen LogP contribution is 2.32. The summed E-state index contributed by atoms with van der Waals surface area (Å²) in [5, 5.41) is 16.2. The van der Waals surface area contributed by atoms with Gasteiger partial charge in [0.15, 0.2) is 0 Å². The molecule has 0 saturated heterocycles. The number of aromatic carboxylic acids is 1. The number of rotatable bonds is 14. The van der Waals surface area contributed by atoms with Gasteiger partial charge in [-0.05, 0) is 156 Å². The highest BCUT2D eigenvalue weighted by Gasteiger charge is 2.14. The van der Waals surface area contributed by atoms with Crippen molar-refractivity contribution < 1.29 is 35.2 Å². The number of sulfonamides is 3. The van der Waals surface area contributed by atoms with Gasteiger partial charge in [0.2, 0.25) is 30.1 Å². The van der Waals surface area contributed by atoms with Crippen molar-refractivity contribution in [3.8, 4) is 33.4 Å². The minimum atomic E-state index is -3.34. The van der Waals surface area contributed by atoms with Crippen LogP contribution in [0.3, 0.4) is 0 Å². The third-order valence-electron chi connectivity index (χ3n) is 11.2. The molecule has 378 valence electrons. The van der Waals surface area contributed by atoms with Crippen molar-refractivity contribution in [2.24, 2.45) is 0 Å². The summed E-state index contributed by atoms with van der Waals surface area (Å²) < 4.78 is 74.8. The number of benzene rings is 8. The van der Waals surface area contributed by atoms with E-state index in [0.717, 1.165) is 91.6 Å². The van der Waals surface area contributed by atoms with E-state index in [9.17, 15) is 35.2 Å². The number of carboxylic acid groups (broad SMARTS) is 1. The molecule has 0 saturated carbocycles. The second-order valence-corrected chi connectivity index (χ2v) is 22.6. The molecule has 8 rings (SSSR count). The van der Waals surface area contributed by atoms with Crippen LogP contribution in [0.15, 0.2) is 176 Å². The molecule has 73 heavy (non-hydrogen) atoms. The highest BCUT2D eigenvalue weighted by molar-refractivity contribution is 7.92. The molecule has 17 heteroatoms. The Balaban J connectivity index is 0.000000182. The fourth-order valence-corrected chi connectivity index (χ4v) is 9.01. The van der Waals surface area contributed by atoms with Crippen molar-refractivity contribution in [1.82, 2.24) is 0 Å². The van der Waals surface area contributed by atoms with E-state index in [-0.39, 0.29) is 5.56 Å². The van der Waals surface area contributed by atoms with Gasteiger partial charge < -0.3 is 21.5 Å². The van der Waals surface area contributed by atoms with E-state index in [2.05, 4.69) is 69.0 Å². The monoisotopic (exact) mass is 1040 g/mol. The maximum atomic E-state index is 11.6. The fraction of sp³-hybridized carbons (Fsp3) is 0.125. The van der Waals surface area contributed by atoms with Gasteiger partial charge in [0.1, 0.15) is 0 Å². The Bertz CT molecular complexity index is 3590. The lowest BCUT2D eigenvalue weighted by Crippen LogP contribution is -2.09. The van der Waals surface area contributed by atoms with Gasteiger partial charge in [-0.25, -0.2) is 30.0 Å². The Kier molecular flexibility index (Phi) is 17.4. The summed E-state index contributed by atoms with van der Waals surface area (Å²) in [5.74, 6) is -1.02. The molecule has 0 fully saturated rings. The number of nitrogen functional groups attached to an aromatic ring is 1. The third-order valence-corrected chi connectivity index (χ3v) is 13.0. The molecule has 0 amide bonds. The highest BCUT2D eigenvalue weighted by atomic mass is 32.2. The molecule has 0 atom stereocenters. The van der Waals surface area contributed by atoms with Crippen LogP contribution in [0.2, 0.25) is 0 Å². The van der Waals surface area contributed by atoms with Crippen LogP contribution in [0.4, 0.5) is 45.5 Å². The number of nitrogens with one attached hydrogen (secondary N) is 5. The van der Waals surface area contributed by atoms with Crippen molar-refractivity contribution in [3.05, 3.63) is 204 Å². The Morgan fingerprint density at radius 2 is 0.699 bits per heavy atom. The van der Waals surface area contributed by atoms with E-state index in [1.54, 1.807) is 66.7 Å². The van der Waals surface area contributed by atoms with Crippen molar-refractivity contribution in [2.75, 3.05) is 49.3 Å². The normalized spacial score (nSPS) is 11.2. The summed E-state index contributed by atoms with van der Waals surface area (Å²) >= 11 is 0. The standard InChI is InChI=1S/C21H20N2O4S.C21H22N2O2S.C14H16N2O2S/c1-14-5-3-4-6-19(14)22-20-13-16(9-12-18(20)21(24)25)15-7-10-17(11-8-15)23-28(2,26)27;1-15-6-4-5-7-20(15)22-21-14-18(9-8-16(21)2)17-10-12-19(13-11-17)23-26(3,24)25;1-10-3-4-12(9-14(10)15)11-5-7-13(8-6-11)16-19(2,17)18/h3-13,22-23H,1-2H3,(H,24,25);4-14,22-23H,1-3H3;3-9,16H,15H2,1-2H3. The van der Waals surface area contributed by atoms with E-state index >= 15 is 0 Å². The molecule has 8 aromatic carbocycles. The summed E-state index contributed by atoms with van der Waals surface area (Å²) in [6.45, 7) is 8.05. The molecule has 0 bridgehead atoms. The number of carbonyl (C=O) groups is 1. The topological polar surface area (TPSA) is 226 Å². The lowest BCUT2D eigenvalue weighted by atomic mass is 10.0. The van der Waals surface area contributed by atoms with Gasteiger partial charge in [-0.15, -0.1) is 0 Å². The van der Waals surface area contributed by atoms with Crippen LogP contribution in [-0.2, 0) is 30.1 Å². The van der Waals surface area contributed by atoms with Crippen molar-refractivity contribution in [1.29, 1.82) is 0 Å². The summed E-state index contributed by atoms with van der Waals surface area (Å²) in [4.78, 5) is 11.6. The smallest absolute Gasteiger partial charge is 0.337 e. The first-order valence-corrected chi connectivity index (χ1v) is 28.3. The Labute approximate surface area is 428 Å². The summed E-state index contributed by atoms with van der Waals surface area (Å²) in [6, 6.07) is 54.4. The van der Waals surface area contributed by atoms with Crippen molar-refractivity contribution in [2.45, 2.75) is 27.7 Å². The number of para-hydroxylation sites is 2. The third kappa shape index (κ3) is 16.5. The van der Waals surface area contributed by atoms with Gasteiger partial charge in [0.25, 0.3) is 0 Å². The number of hydrogen-bond acceptors (Lipinski definition) is 10. The number of carboxylic acids is 1. The first-order valence-electron chi connectivity index (χ1n) is 22.6. The Hall–Kier alpha value is -8.12. The largest absolute Gasteiger partial charge is 0.478 e. The van der Waals surface area contributed by atoms with Gasteiger partial charge >= 0.3 is 5.97 Å². The molecule has 0 aliphatic carbocycles. The molecule has 0 unspecified atom stereocenters. The molecule has 8 N–H and O–H groups in total. The zero-order valence-corrected chi connectivity index (χ0v) is 43.8. The number of nitrogens with two attached hydrogens (primary N) is 1. The van der Waals surface area contributed by atoms with Crippen LogP contribution in [-0.4, -0.2) is 55.1 Å². The predicted octanol–water partition coefficient (Wildman–Crippen LogP) is 12.2. The lowest BCUT2D eigenvalue weighted by Gasteiger charge is -2.14. The molecule has 0 heterocycles. The van der Waals surface area contributed by atoms with Gasteiger partial charge in [0.05, 0.1) is 30.0 Å². The van der Waals surface area contributed by atoms with E-state index in [4.69, 9.17) is 5.73 Å². The zero-order chi connectivity index (χ0) is 53.1. The average Bonchev–Trinajstić information content (AvgIpc) is 3.32. The van der Waals surface area contributed by atoms with Crippen LogP contribution in [0.5, 0.6) is 0 Å². The maximum Gasteiger partial charge on any atom is 0.337 e. The molecule has 0 aromatic heterocycles. The van der Waals surface area contributed by atoms with E-state index in [1.165, 1.54) is 5.56 Å². The van der Waals surface area contributed by atoms with E-state index in [0.29, 0.717) is 22.7 Å². The van der Waals surface area contributed by atoms with Gasteiger partial charge in [-0.1, -0.05) is 103 Å².